The minimum atomic E-state index is -0.421. The Kier molecular flexibility index (Phi) is 3.30. The number of aliphatic imine (C=N–C) groups is 1. The maximum Gasteiger partial charge on any atom is 0.271 e. The molecule has 0 aliphatic carbocycles. The highest BCUT2D eigenvalue weighted by Gasteiger charge is 2.04. The number of hydrogen-bond acceptors (Lipinski definition) is 4. The van der Waals surface area contributed by atoms with Crippen LogP contribution < -0.4 is 0 Å². The number of nitrogens with zero attached hydrogens (tertiary/aromatic N) is 2. The van der Waals surface area contributed by atoms with Crippen LogP contribution in [0, 0.1) is 17.0 Å². The van der Waals surface area contributed by atoms with Gasteiger partial charge in [-0.15, -0.1) is 11.3 Å². The second-order valence-electron chi connectivity index (χ2n) is 3.50. The van der Waals surface area contributed by atoms with Gasteiger partial charge in [0.25, 0.3) is 5.69 Å². The fourth-order valence-corrected chi connectivity index (χ4v) is 2.12. The van der Waals surface area contributed by atoms with E-state index in [1.807, 2.05) is 18.4 Å². The minimum absolute atomic E-state index is 0.0579. The average Bonchev–Trinajstić information content (AvgIpc) is 2.72. The number of hydrogen-bond donors (Lipinski definition) is 0. The summed E-state index contributed by atoms with van der Waals surface area (Å²) in [5.74, 6) is 0. The van der Waals surface area contributed by atoms with Crippen LogP contribution in [0.5, 0.6) is 0 Å². The Morgan fingerprint density at radius 1 is 1.41 bits per heavy atom. The Labute approximate surface area is 102 Å². The lowest BCUT2D eigenvalue weighted by atomic mass is 10.3. The number of nitro groups is 1. The summed E-state index contributed by atoms with van der Waals surface area (Å²) in [6.07, 6.45) is 1.74. The lowest BCUT2D eigenvalue weighted by molar-refractivity contribution is -0.384. The van der Waals surface area contributed by atoms with Crippen LogP contribution in [-0.4, -0.2) is 11.1 Å². The predicted molar refractivity (Wildman–Crippen MR) is 69.4 cm³/mol. The van der Waals surface area contributed by atoms with Gasteiger partial charge in [0.2, 0.25) is 0 Å². The third-order valence-corrected chi connectivity index (χ3v) is 3.23. The Bertz CT molecular complexity index is 575. The number of non-ortho nitro benzene ring substituents is 1. The molecular weight excluding hydrogens is 236 g/mol. The van der Waals surface area contributed by atoms with Gasteiger partial charge < -0.3 is 0 Å². The van der Waals surface area contributed by atoms with Gasteiger partial charge in [-0.2, -0.15) is 0 Å². The number of nitro benzene ring substituents is 1. The van der Waals surface area contributed by atoms with Crippen LogP contribution in [0.3, 0.4) is 0 Å². The maximum absolute atomic E-state index is 10.6. The van der Waals surface area contributed by atoms with Gasteiger partial charge in [-0.25, -0.2) is 0 Å². The molecule has 0 amide bonds. The fraction of sp³-hybridized carbons (Fsp3) is 0.0833. The van der Waals surface area contributed by atoms with Crippen LogP contribution in [-0.2, 0) is 0 Å². The van der Waals surface area contributed by atoms with Gasteiger partial charge in [-0.3, -0.25) is 15.1 Å². The number of aryl methyl sites for hydroxylation is 1. The second-order valence-corrected chi connectivity index (χ2v) is 4.45. The summed E-state index contributed by atoms with van der Waals surface area (Å²) in [6, 6.07) is 8.30. The molecule has 1 aromatic heterocycles. The monoisotopic (exact) mass is 246 g/mol. The van der Waals surface area contributed by atoms with Gasteiger partial charge in [0.1, 0.15) is 0 Å². The summed E-state index contributed by atoms with van der Waals surface area (Å²) in [5, 5.41) is 12.6. The summed E-state index contributed by atoms with van der Waals surface area (Å²) in [4.78, 5) is 15.5. The highest BCUT2D eigenvalue weighted by Crippen LogP contribution is 2.20. The molecule has 0 saturated heterocycles. The first-order chi connectivity index (χ1) is 8.16. The van der Waals surface area contributed by atoms with E-state index in [1.54, 1.807) is 29.7 Å². The first-order valence-corrected chi connectivity index (χ1v) is 5.87. The molecule has 0 saturated carbocycles. The van der Waals surface area contributed by atoms with E-state index >= 15 is 0 Å². The minimum Gasteiger partial charge on any atom is -0.258 e. The number of benzene rings is 1. The molecule has 0 aliphatic heterocycles. The fourth-order valence-electron chi connectivity index (χ4n) is 1.34. The van der Waals surface area contributed by atoms with Crippen molar-refractivity contribution in [3.8, 4) is 0 Å². The maximum atomic E-state index is 10.6. The smallest absolute Gasteiger partial charge is 0.258 e. The van der Waals surface area contributed by atoms with Gasteiger partial charge in [0, 0.05) is 23.2 Å². The Hall–Kier alpha value is -2.01. The van der Waals surface area contributed by atoms with Crippen molar-refractivity contribution < 1.29 is 4.92 Å². The molecular formula is C12H10N2O2S. The molecule has 1 heterocycles. The van der Waals surface area contributed by atoms with Crippen molar-refractivity contribution in [3.63, 3.8) is 0 Å². The zero-order valence-electron chi connectivity index (χ0n) is 9.16. The molecule has 0 atom stereocenters. The van der Waals surface area contributed by atoms with Gasteiger partial charge in [-0.05, 0) is 30.0 Å². The second kappa shape index (κ2) is 4.88. The summed E-state index contributed by atoms with van der Waals surface area (Å²) in [6.45, 7) is 2.01. The third-order valence-electron chi connectivity index (χ3n) is 2.27. The van der Waals surface area contributed by atoms with Crippen molar-refractivity contribution in [2.75, 3.05) is 0 Å². The van der Waals surface area contributed by atoms with E-state index in [2.05, 4.69) is 4.99 Å². The summed E-state index contributed by atoms with van der Waals surface area (Å²) in [7, 11) is 0. The molecule has 86 valence electrons. The molecule has 17 heavy (non-hydrogen) atoms. The molecule has 0 radical (unpaired) electrons. The highest BCUT2D eigenvalue weighted by molar-refractivity contribution is 7.11. The lowest BCUT2D eigenvalue weighted by Gasteiger charge is -1.94. The molecule has 2 rings (SSSR count). The van der Waals surface area contributed by atoms with Crippen LogP contribution >= 0.6 is 11.3 Å². The molecule has 0 fully saturated rings. The first-order valence-electron chi connectivity index (χ1n) is 4.99. The molecule has 4 nitrogen and oxygen atoms in total. The largest absolute Gasteiger partial charge is 0.271 e. The summed E-state index contributed by atoms with van der Waals surface area (Å²) >= 11 is 1.60. The molecule has 5 heteroatoms. The molecule has 0 N–H and O–H groups in total. The van der Waals surface area contributed by atoms with Crippen molar-refractivity contribution in [2.24, 2.45) is 4.99 Å². The van der Waals surface area contributed by atoms with E-state index in [-0.39, 0.29) is 5.69 Å². The van der Waals surface area contributed by atoms with E-state index in [1.165, 1.54) is 12.1 Å². The van der Waals surface area contributed by atoms with Gasteiger partial charge >= 0.3 is 0 Å². The van der Waals surface area contributed by atoms with Crippen molar-refractivity contribution in [2.45, 2.75) is 6.92 Å². The van der Waals surface area contributed by atoms with E-state index in [0.717, 1.165) is 10.4 Å². The van der Waals surface area contributed by atoms with Gasteiger partial charge in [-0.1, -0.05) is 6.07 Å². The average molecular weight is 246 g/mol. The van der Waals surface area contributed by atoms with Crippen LogP contribution in [0.2, 0.25) is 0 Å². The molecule has 2 aromatic rings. The van der Waals surface area contributed by atoms with Crippen molar-refractivity contribution in [1.82, 2.24) is 0 Å². The van der Waals surface area contributed by atoms with E-state index in [9.17, 15) is 10.1 Å². The number of rotatable bonds is 3. The SMILES string of the molecule is Cc1ccsc1C=Nc1cccc([N+](=O)[O-])c1. The van der Waals surface area contributed by atoms with Crippen LogP contribution in [0.15, 0.2) is 40.7 Å². The Balaban J connectivity index is 2.24. The summed E-state index contributed by atoms with van der Waals surface area (Å²) in [5.41, 5.74) is 1.80. The Morgan fingerprint density at radius 2 is 2.24 bits per heavy atom. The van der Waals surface area contributed by atoms with Crippen LogP contribution in [0.25, 0.3) is 0 Å². The normalized spacial score (nSPS) is 10.9. The molecule has 0 unspecified atom stereocenters. The third kappa shape index (κ3) is 2.76. The zero-order chi connectivity index (χ0) is 12.3. The zero-order valence-corrected chi connectivity index (χ0v) is 9.98. The van der Waals surface area contributed by atoms with Gasteiger partial charge in [0.05, 0.1) is 10.6 Å². The first kappa shape index (κ1) is 11.5. The number of thiophene rings is 1. The van der Waals surface area contributed by atoms with E-state index in [0.29, 0.717) is 5.69 Å². The van der Waals surface area contributed by atoms with Gasteiger partial charge in [0.15, 0.2) is 0 Å². The van der Waals surface area contributed by atoms with Crippen molar-refractivity contribution in [1.29, 1.82) is 0 Å². The van der Waals surface area contributed by atoms with E-state index < -0.39 is 4.92 Å². The lowest BCUT2D eigenvalue weighted by Crippen LogP contribution is -1.86. The topological polar surface area (TPSA) is 55.5 Å². The molecule has 0 bridgehead atoms. The van der Waals surface area contributed by atoms with Crippen molar-refractivity contribution in [3.05, 3.63) is 56.3 Å². The van der Waals surface area contributed by atoms with E-state index in [4.69, 9.17) is 0 Å². The summed E-state index contributed by atoms with van der Waals surface area (Å²) < 4.78 is 0. The molecule has 1 aromatic carbocycles. The molecule has 0 aliphatic rings. The quantitative estimate of drug-likeness (QED) is 0.471. The highest BCUT2D eigenvalue weighted by atomic mass is 32.1. The standard InChI is InChI=1S/C12H10N2O2S/c1-9-5-6-17-12(9)8-13-10-3-2-4-11(7-10)14(15)16/h2-8H,1H3. The van der Waals surface area contributed by atoms with Crippen LogP contribution in [0.4, 0.5) is 11.4 Å². The van der Waals surface area contributed by atoms with Crippen LogP contribution in [0.1, 0.15) is 10.4 Å². The van der Waals surface area contributed by atoms with Crippen molar-refractivity contribution >= 4 is 28.9 Å². The predicted octanol–water partition coefficient (Wildman–Crippen LogP) is 3.72. The Morgan fingerprint density at radius 3 is 2.88 bits per heavy atom. The molecule has 0 spiro atoms.